The van der Waals surface area contributed by atoms with Gasteiger partial charge < -0.3 is 5.11 Å². The van der Waals surface area contributed by atoms with Gasteiger partial charge in [-0.1, -0.05) is 25.8 Å². The molecule has 1 aromatic rings. The van der Waals surface area contributed by atoms with Gasteiger partial charge in [-0.2, -0.15) is 0 Å². The van der Waals surface area contributed by atoms with Crippen LogP contribution in [0.4, 0.5) is 0 Å². The van der Waals surface area contributed by atoms with Crippen molar-refractivity contribution in [2.24, 2.45) is 11.8 Å². The maximum Gasteiger partial charge on any atom is 0.0987 e. The predicted octanol–water partition coefficient (Wildman–Crippen LogP) is 3.25. The number of aliphatic hydroxyl groups is 1. The van der Waals surface area contributed by atoms with Gasteiger partial charge in [0.2, 0.25) is 0 Å². The molecule has 3 unspecified atom stereocenters. The third-order valence-electron chi connectivity index (χ3n) is 3.66. The van der Waals surface area contributed by atoms with Gasteiger partial charge in [0.1, 0.15) is 0 Å². The third kappa shape index (κ3) is 2.62. The summed E-state index contributed by atoms with van der Waals surface area (Å²) in [5.74, 6) is 1.15. The van der Waals surface area contributed by atoms with E-state index < -0.39 is 0 Å². The van der Waals surface area contributed by atoms with Crippen LogP contribution in [-0.2, 0) is 0 Å². The lowest BCUT2D eigenvalue weighted by Gasteiger charge is -2.30. The van der Waals surface area contributed by atoms with Crippen LogP contribution in [0.3, 0.4) is 0 Å². The molecule has 16 heavy (non-hydrogen) atoms. The summed E-state index contributed by atoms with van der Waals surface area (Å²) in [5, 5.41) is 10.3. The Morgan fingerprint density at radius 2 is 2.19 bits per heavy atom. The Hall–Kier alpha value is -0.890. The van der Waals surface area contributed by atoms with E-state index in [9.17, 15) is 5.11 Å². The molecule has 0 bridgehead atoms. The van der Waals surface area contributed by atoms with Gasteiger partial charge in [0.25, 0.3) is 0 Å². The molecule has 0 amide bonds. The van der Waals surface area contributed by atoms with Crippen molar-refractivity contribution in [3.63, 3.8) is 0 Å². The summed E-state index contributed by atoms with van der Waals surface area (Å²) in [6.45, 7) is 4.30. The first-order valence-corrected chi connectivity index (χ1v) is 6.27. The fourth-order valence-electron chi connectivity index (χ4n) is 2.66. The molecule has 0 saturated heterocycles. The smallest absolute Gasteiger partial charge is 0.0987 e. The van der Waals surface area contributed by atoms with Gasteiger partial charge >= 0.3 is 0 Å². The lowest BCUT2D eigenvalue weighted by atomic mass is 9.79. The summed E-state index contributed by atoms with van der Waals surface area (Å²) in [5.41, 5.74) is 1.98. The summed E-state index contributed by atoms with van der Waals surface area (Å²) in [6, 6.07) is 3.98. The van der Waals surface area contributed by atoms with E-state index in [1.807, 2.05) is 25.3 Å². The lowest BCUT2D eigenvalue weighted by Crippen LogP contribution is -2.20. The van der Waals surface area contributed by atoms with Crippen LogP contribution in [0.25, 0.3) is 0 Å². The molecule has 1 aliphatic rings. The number of hydrogen-bond acceptors (Lipinski definition) is 2. The van der Waals surface area contributed by atoms with Gasteiger partial charge in [0.05, 0.1) is 11.8 Å². The van der Waals surface area contributed by atoms with Gasteiger partial charge in [-0.3, -0.25) is 4.98 Å². The third-order valence-corrected chi connectivity index (χ3v) is 3.66. The van der Waals surface area contributed by atoms with Crippen LogP contribution in [0.1, 0.15) is 50.0 Å². The van der Waals surface area contributed by atoms with E-state index in [-0.39, 0.29) is 6.10 Å². The fourth-order valence-corrected chi connectivity index (χ4v) is 2.66. The van der Waals surface area contributed by atoms with Crippen LogP contribution in [0, 0.1) is 18.8 Å². The molecule has 0 aromatic carbocycles. The maximum absolute atomic E-state index is 10.3. The predicted molar refractivity (Wildman–Crippen MR) is 65.1 cm³/mol. The molecule has 1 saturated carbocycles. The first-order chi connectivity index (χ1) is 7.66. The zero-order chi connectivity index (χ0) is 11.5. The Labute approximate surface area is 97.7 Å². The van der Waals surface area contributed by atoms with E-state index in [0.29, 0.717) is 5.92 Å². The summed E-state index contributed by atoms with van der Waals surface area (Å²) >= 11 is 0. The summed E-state index contributed by atoms with van der Waals surface area (Å²) in [7, 11) is 0. The van der Waals surface area contributed by atoms with Crippen LogP contribution >= 0.6 is 0 Å². The molecule has 1 heterocycles. The van der Waals surface area contributed by atoms with Gasteiger partial charge in [0.15, 0.2) is 0 Å². The number of hydrogen-bond donors (Lipinski definition) is 1. The van der Waals surface area contributed by atoms with Gasteiger partial charge in [-0.15, -0.1) is 0 Å². The minimum atomic E-state index is -0.372. The second-order valence-electron chi connectivity index (χ2n) is 5.24. The number of nitrogens with zero attached hydrogens (tertiary/aromatic N) is 1. The molecule has 0 radical (unpaired) electrons. The minimum Gasteiger partial charge on any atom is -0.387 e. The van der Waals surface area contributed by atoms with Gasteiger partial charge in [-0.05, 0) is 43.2 Å². The molecule has 2 rings (SSSR count). The van der Waals surface area contributed by atoms with Gasteiger partial charge in [-0.25, -0.2) is 0 Å². The normalized spacial score (nSPS) is 27.7. The molecule has 1 N–H and O–H groups in total. The highest BCUT2D eigenvalue weighted by molar-refractivity contribution is 5.14. The Bertz CT molecular complexity index is 333. The Balaban J connectivity index is 2.06. The van der Waals surface area contributed by atoms with E-state index in [1.54, 1.807) is 0 Å². The van der Waals surface area contributed by atoms with E-state index in [0.717, 1.165) is 30.0 Å². The largest absolute Gasteiger partial charge is 0.387 e. The second-order valence-corrected chi connectivity index (χ2v) is 5.24. The highest BCUT2D eigenvalue weighted by Gasteiger charge is 2.26. The zero-order valence-electron chi connectivity index (χ0n) is 10.2. The van der Waals surface area contributed by atoms with Crippen molar-refractivity contribution in [3.8, 4) is 0 Å². The molecule has 0 aliphatic heterocycles. The van der Waals surface area contributed by atoms with Crippen LogP contribution in [0.5, 0.6) is 0 Å². The second kappa shape index (κ2) is 4.96. The average molecular weight is 219 g/mol. The molecule has 1 fully saturated rings. The number of pyridine rings is 1. The Kier molecular flexibility index (Phi) is 3.59. The van der Waals surface area contributed by atoms with E-state index in [4.69, 9.17) is 0 Å². The number of aromatic nitrogens is 1. The molecule has 1 aliphatic carbocycles. The summed E-state index contributed by atoms with van der Waals surface area (Å²) in [4.78, 5) is 4.33. The van der Waals surface area contributed by atoms with Crippen LogP contribution in [-0.4, -0.2) is 10.1 Å². The van der Waals surface area contributed by atoms with Crippen molar-refractivity contribution < 1.29 is 5.11 Å². The van der Waals surface area contributed by atoms with Crippen molar-refractivity contribution in [2.75, 3.05) is 0 Å². The van der Waals surface area contributed by atoms with Crippen LogP contribution in [0.2, 0.25) is 0 Å². The number of rotatable bonds is 2. The zero-order valence-corrected chi connectivity index (χ0v) is 10.2. The molecule has 0 spiro atoms. The topological polar surface area (TPSA) is 33.1 Å². The molecule has 3 atom stereocenters. The molecule has 2 nitrogen and oxygen atoms in total. The van der Waals surface area contributed by atoms with E-state index in [2.05, 4.69) is 11.9 Å². The summed E-state index contributed by atoms with van der Waals surface area (Å²) in [6.07, 6.45) is 6.30. The van der Waals surface area contributed by atoms with E-state index in [1.165, 1.54) is 12.8 Å². The number of aliphatic hydroxyl groups excluding tert-OH is 1. The van der Waals surface area contributed by atoms with Gasteiger partial charge in [0, 0.05) is 6.20 Å². The SMILES string of the molecule is Cc1ccc(C(O)C2CCCC(C)C2)nc1. The van der Waals surface area contributed by atoms with Crippen molar-refractivity contribution in [1.82, 2.24) is 4.98 Å². The van der Waals surface area contributed by atoms with Crippen molar-refractivity contribution in [2.45, 2.75) is 45.6 Å². The Morgan fingerprint density at radius 3 is 2.81 bits per heavy atom. The standard InChI is InChI=1S/C14H21NO/c1-10-4-3-5-12(8-10)14(16)13-7-6-11(2)9-15-13/h6-7,9-10,12,14,16H,3-5,8H2,1-2H3. The molecular formula is C14H21NO. The Morgan fingerprint density at radius 1 is 1.38 bits per heavy atom. The quantitative estimate of drug-likeness (QED) is 0.828. The first kappa shape index (κ1) is 11.6. The monoisotopic (exact) mass is 219 g/mol. The minimum absolute atomic E-state index is 0.372. The lowest BCUT2D eigenvalue weighted by molar-refractivity contribution is 0.0680. The molecule has 1 aromatic heterocycles. The number of aryl methyl sites for hydroxylation is 1. The van der Waals surface area contributed by atoms with Crippen LogP contribution < -0.4 is 0 Å². The summed E-state index contributed by atoms with van der Waals surface area (Å²) < 4.78 is 0. The fraction of sp³-hybridized carbons (Fsp3) is 0.643. The molecular weight excluding hydrogens is 198 g/mol. The highest BCUT2D eigenvalue weighted by Crippen LogP contribution is 2.36. The first-order valence-electron chi connectivity index (χ1n) is 6.27. The molecule has 88 valence electrons. The van der Waals surface area contributed by atoms with Crippen molar-refractivity contribution in [3.05, 3.63) is 29.6 Å². The van der Waals surface area contributed by atoms with Crippen molar-refractivity contribution >= 4 is 0 Å². The van der Waals surface area contributed by atoms with E-state index >= 15 is 0 Å². The van der Waals surface area contributed by atoms with Crippen molar-refractivity contribution in [1.29, 1.82) is 0 Å². The maximum atomic E-state index is 10.3. The highest BCUT2D eigenvalue weighted by atomic mass is 16.3. The molecule has 2 heteroatoms. The van der Waals surface area contributed by atoms with Crippen LogP contribution in [0.15, 0.2) is 18.3 Å². The average Bonchev–Trinajstić information content (AvgIpc) is 2.29.